The lowest BCUT2D eigenvalue weighted by Crippen LogP contribution is -2.55. The minimum absolute atomic E-state index is 0.120. The molecule has 1 unspecified atom stereocenters. The third-order valence-electron chi connectivity index (χ3n) is 4.70. The maximum Gasteiger partial charge on any atom is 0.252 e. The highest BCUT2D eigenvalue weighted by atomic mass is 16.5. The maximum atomic E-state index is 12.2. The normalized spacial score (nSPS) is 21.2. The number of methoxy groups -OCH3 is 1. The average molecular weight is 289 g/mol. The van der Waals surface area contributed by atoms with E-state index in [1.54, 1.807) is 7.11 Å². The van der Waals surface area contributed by atoms with E-state index in [9.17, 15) is 9.90 Å². The Morgan fingerprint density at radius 3 is 2.81 bits per heavy atom. The molecule has 3 rings (SSSR count). The highest BCUT2D eigenvalue weighted by molar-refractivity contribution is 5.86. The van der Waals surface area contributed by atoms with Crippen LogP contribution in [0.5, 0.6) is 5.75 Å². The summed E-state index contributed by atoms with van der Waals surface area (Å²) in [5.74, 6) is 1.20. The third kappa shape index (κ3) is 3.21. The lowest BCUT2D eigenvalue weighted by Gasteiger charge is -2.36. The van der Waals surface area contributed by atoms with Crippen molar-refractivity contribution < 1.29 is 14.6 Å². The van der Waals surface area contributed by atoms with Crippen LogP contribution in [0.15, 0.2) is 24.3 Å². The van der Waals surface area contributed by atoms with Crippen LogP contribution in [0.3, 0.4) is 0 Å². The lowest BCUT2D eigenvalue weighted by molar-refractivity contribution is -0.149. The van der Waals surface area contributed by atoms with Crippen LogP contribution in [0.25, 0.3) is 0 Å². The molecular weight excluding hydrogens is 266 g/mol. The van der Waals surface area contributed by atoms with Crippen molar-refractivity contribution in [2.24, 2.45) is 5.92 Å². The molecule has 0 aromatic heterocycles. The Labute approximate surface area is 125 Å². The van der Waals surface area contributed by atoms with E-state index in [0.29, 0.717) is 18.8 Å². The molecule has 0 aliphatic heterocycles. The molecule has 2 aliphatic rings. The number of nitrogens with one attached hydrogen (secondary N) is 1. The first kappa shape index (κ1) is 14.4. The second kappa shape index (κ2) is 5.68. The van der Waals surface area contributed by atoms with E-state index in [1.165, 1.54) is 0 Å². The fourth-order valence-corrected chi connectivity index (χ4v) is 2.93. The van der Waals surface area contributed by atoms with Gasteiger partial charge in [0.1, 0.15) is 11.4 Å². The summed E-state index contributed by atoms with van der Waals surface area (Å²) in [6.07, 6.45) is 5.24. The van der Waals surface area contributed by atoms with Crippen LogP contribution in [0.4, 0.5) is 0 Å². The summed E-state index contributed by atoms with van der Waals surface area (Å²) in [5, 5.41) is 13.2. The Bertz CT molecular complexity index is 521. The summed E-state index contributed by atoms with van der Waals surface area (Å²) >= 11 is 0. The van der Waals surface area contributed by atoms with Crippen molar-refractivity contribution in [2.75, 3.05) is 7.11 Å². The minimum Gasteiger partial charge on any atom is -0.497 e. The summed E-state index contributed by atoms with van der Waals surface area (Å²) in [7, 11) is 1.66. The Hall–Kier alpha value is -1.55. The fourth-order valence-electron chi connectivity index (χ4n) is 2.93. The van der Waals surface area contributed by atoms with Crippen LogP contribution >= 0.6 is 0 Å². The number of hydrogen-bond donors (Lipinski definition) is 2. The largest absolute Gasteiger partial charge is 0.497 e. The molecule has 4 nitrogen and oxygen atoms in total. The van der Waals surface area contributed by atoms with Gasteiger partial charge in [-0.05, 0) is 62.1 Å². The molecule has 0 bridgehead atoms. The van der Waals surface area contributed by atoms with Gasteiger partial charge >= 0.3 is 0 Å². The average Bonchev–Trinajstić information content (AvgIpc) is 3.28. The van der Waals surface area contributed by atoms with Gasteiger partial charge in [0.25, 0.3) is 5.91 Å². The Morgan fingerprint density at radius 2 is 2.24 bits per heavy atom. The predicted octanol–water partition coefficient (Wildman–Crippen LogP) is 2.05. The molecule has 2 N–H and O–H groups in total. The number of amides is 1. The van der Waals surface area contributed by atoms with E-state index in [2.05, 4.69) is 11.4 Å². The molecule has 2 aliphatic carbocycles. The zero-order valence-electron chi connectivity index (χ0n) is 12.5. The second-order valence-electron chi connectivity index (χ2n) is 6.36. The molecule has 21 heavy (non-hydrogen) atoms. The molecule has 0 heterocycles. The third-order valence-corrected chi connectivity index (χ3v) is 4.70. The van der Waals surface area contributed by atoms with Crippen molar-refractivity contribution in [2.45, 2.75) is 50.2 Å². The highest BCUT2D eigenvalue weighted by Gasteiger charge is 2.44. The van der Waals surface area contributed by atoms with Crippen molar-refractivity contribution >= 4 is 5.91 Å². The van der Waals surface area contributed by atoms with Crippen LogP contribution in [0, 0.1) is 5.92 Å². The summed E-state index contributed by atoms with van der Waals surface area (Å²) in [4.78, 5) is 12.2. The minimum atomic E-state index is -1.11. The number of aliphatic hydroxyl groups is 1. The molecule has 114 valence electrons. The zero-order valence-corrected chi connectivity index (χ0v) is 12.5. The highest BCUT2D eigenvalue weighted by Crippen LogP contribution is 2.36. The van der Waals surface area contributed by atoms with Gasteiger partial charge in [0.2, 0.25) is 0 Å². The molecule has 2 saturated carbocycles. The van der Waals surface area contributed by atoms with Crippen LogP contribution in [-0.4, -0.2) is 29.8 Å². The van der Waals surface area contributed by atoms with Gasteiger partial charge in [-0.25, -0.2) is 0 Å². The van der Waals surface area contributed by atoms with Gasteiger partial charge in [-0.1, -0.05) is 12.1 Å². The van der Waals surface area contributed by atoms with Gasteiger partial charge < -0.3 is 15.2 Å². The number of rotatable bonds is 6. The molecule has 1 atom stereocenters. The Kier molecular flexibility index (Phi) is 3.89. The molecule has 1 amide bonds. The summed E-state index contributed by atoms with van der Waals surface area (Å²) in [6, 6.07) is 8.08. The molecule has 4 heteroatoms. The van der Waals surface area contributed by atoms with E-state index in [0.717, 1.165) is 37.0 Å². The van der Waals surface area contributed by atoms with Crippen molar-refractivity contribution in [1.29, 1.82) is 0 Å². The Morgan fingerprint density at radius 1 is 1.48 bits per heavy atom. The SMILES string of the molecule is COc1cccc(CC(NC(=O)C2(O)CCC2)C2CC2)c1. The summed E-state index contributed by atoms with van der Waals surface area (Å²) in [6.45, 7) is 0. The standard InChI is InChI=1S/C17H23NO3/c1-21-14-5-2-4-12(10-14)11-15(13-6-7-13)18-16(19)17(20)8-3-9-17/h2,4-5,10,13,15,20H,3,6-9,11H2,1H3,(H,18,19). The van der Waals surface area contributed by atoms with E-state index >= 15 is 0 Å². The molecule has 0 radical (unpaired) electrons. The van der Waals surface area contributed by atoms with Gasteiger partial charge in [-0.2, -0.15) is 0 Å². The molecule has 0 spiro atoms. The molecule has 1 aromatic rings. The van der Waals surface area contributed by atoms with Crippen LogP contribution in [-0.2, 0) is 11.2 Å². The van der Waals surface area contributed by atoms with E-state index in [1.807, 2.05) is 18.2 Å². The molecule has 1 aromatic carbocycles. The first-order valence-electron chi connectivity index (χ1n) is 7.77. The van der Waals surface area contributed by atoms with Crippen molar-refractivity contribution in [3.8, 4) is 5.75 Å². The van der Waals surface area contributed by atoms with Crippen LogP contribution < -0.4 is 10.1 Å². The number of carbonyl (C=O) groups excluding carboxylic acids is 1. The summed E-state index contributed by atoms with van der Waals surface area (Å²) < 4.78 is 5.25. The van der Waals surface area contributed by atoms with Crippen molar-refractivity contribution in [1.82, 2.24) is 5.32 Å². The topological polar surface area (TPSA) is 58.6 Å². The monoisotopic (exact) mass is 289 g/mol. The first-order chi connectivity index (χ1) is 10.1. The van der Waals surface area contributed by atoms with E-state index in [-0.39, 0.29) is 11.9 Å². The zero-order chi connectivity index (χ0) is 14.9. The predicted molar refractivity (Wildman–Crippen MR) is 80.2 cm³/mol. The molecule has 0 saturated heterocycles. The van der Waals surface area contributed by atoms with Crippen molar-refractivity contribution in [3.63, 3.8) is 0 Å². The van der Waals surface area contributed by atoms with E-state index in [4.69, 9.17) is 4.74 Å². The number of benzene rings is 1. The van der Waals surface area contributed by atoms with Crippen LogP contribution in [0.2, 0.25) is 0 Å². The number of hydrogen-bond acceptors (Lipinski definition) is 3. The van der Waals surface area contributed by atoms with Gasteiger partial charge in [0.15, 0.2) is 0 Å². The van der Waals surface area contributed by atoms with Gasteiger partial charge in [-0.3, -0.25) is 4.79 Å². The molecule has 2 fully saturated rings. The first-order valence-corrected chi connectivity index (χ1v) is 7.77. The second-order valence-corrected chi connectivity index (χ2v) is 6.36. The summed E-state index contributed by atoms with van der Waals surface area (Å²) in [5.41, 5.74) is 0.0498. The quantitative estimate of drug-likeness (QED) is 0.842. The van der Waals surface area contributed by atoms with Crippen LogP contribution in [0.1, 0.15) is 37.7 Å². The van der Waals surface area contributed by atoms with Gasteiger partial charge in [0.05, 0.1) is 7.11 Å². The smallest absolute Gasteiger partial charge is 0.252 e. The molecular formula is C17H23NO3. The number of ether oxygens (including phenoxy) is 1. The van der Waals surface area contributed by atoms with Gasteiger partial charge in [-0.15, -0.1) is 0 Å². The lowest BCUT2D eigenvalue weighted by atomic mass is 9.79. The van der Waals surface area contributed by atoms with Crippen molar-refractivity contribution in [3.05, 3.63) is 29.8 Å². The maximum absolute atomic E-state index is 12.2. The Balaban J connectivity index is 1.65. The fraction of sp³-hybridized carbons (Fsp3) is 0.588. The van der Waals surface area contributed by atoms with Gasteiger partial charge in [0, 0.05) is 6.04 Å². The number of carbonyl (C=O) groups is 1. The van der Waals surface area contributed by atoms with E-state index < -0.39 is 5.60 Å².